The number of likely N-dealkylation sites (tertiary alicyclic amines) is 1. The largest absolute Gasteiger partial charge is 0.294 e. The second-order valence-corrected chi connectivity index (χ2v) is 4.76. The van der Waals surface area contributed by atoms with E-state index in [0.29, 0.717) is 0 Å². The van der Waals surface area contributed by atoms with E-state index in [4.69, 9.17) is 0 Å². The fourth-order valence-electron chi connectivity index (χ4n) is 2.36. The first-order chi connectivity index (χ1) is 7.16. The van der Waals surface area contributed by atoms with E-state index in [1.54, 1.807) is 0 Å². The van der Waals surface area contributed by atoms with Gasteiger partial charge in [0.25, 0.3) is 0 Å². The maximum atomic E-state index is 4.34. The molecular formula is C13H20N2. The number of pyridine rings is 1. The number of aryl methyl sites for hydroxylation is 1. The van der Waals surface area contributed by atoms with Crippen molar-refractivity contribution in [1.82, 2.24) is 9.88 Å². The van der Waals surface area contributed by atoms with E-state index in [1.807, 2.05) is 13.1 Å². The first-order valence-corrected chi connectivity index (χ1v) is 5.84. The third kappa shape index (κ3) is 2.37. The Morgan fingerprint density at radius 1 is 1.27 bits per heavy atom. The van der Waals surface area contributed by atoms with Crippen LogP contribution in [0.3, 0.4) is 0 Å². The highest BCUT2D eigenvalue weighted by Gasteiger charge is 2.26. The Bertz CT molecular complexity index is 308. The fraction of sp³-hybridized carbons (Fsp3) is 0.615. The summed E-state index contributed by atoms with van der Waals surface area (Å²) < 4.78 is 0. The van der Waals surface area contributed by atoms with Crippen molar-refractivity contribution in [3.8, 4) is 0 Å². The van der Waals surface area contributed by atoms with Crippen molar-refractivity contribution in [1.29, 1.82) is 0 Å². The molecule has 15 heavy (non-hydrogen) atoms. The van der Waals surface area contributed by atoms with Crippen molar-refractivity contribution < 1.29 is 0 Å². The molecule has 2 heterocycles. The van der Waals surface area contributed by atoms with Gasteiger partial charge < -0.3 is 0 Å². The third-order valence-corrected chi connectivity index (χ3v) is 3.47. The molecule has 1 aromatic heterocycles. The Morgan fingerprint density at radius 2 is 1.93 bits per heavy atom. The minimum atomic E-state index is 0.723. The van der Waals surface area contributed by atoms with Crippen LogP contribution in [-0.4, -0.2) is 22.0 Å². The van der Waals surface area contributed by atoms with Crippen molar-refractivity contribution in [3.63, 3.8) is 0 Å². The van der Waals surface area contributed by atoms with Gasteiger partial charge in [-0.1, -0.05) is 6.07 Å². The monoisotopic (exact) mass is 204 g/mol. The highest BCUT2D eigenvalue weighted by Crippen LogP contribution is 2.25. The lowest BCUT2D eigenvalue weighted by Gasteiger charge is -2.25. The molecule has 0 aromatic carbocycles. The second-order valence-electron chi connectivity index (χ2n) is 4.76. The molecule has 2 rings (SSSR count). The predicted molar refractivity (Wildman–Crippen MR) is 62.7 cm³/mol. The van der Waals surface area contributed by atoms with Crippen LogP contribution in [0.15, 0.2) is 18.3 Å². The lowest BCUT2D eigenvalue weighted by Crippen LogP contribution is -2.32. The molecule has 0 aliphatic carbocycles. The highest BCUT2D eigenvalue weighted by atomic mass is 15.2. The summed E-state index contributed by atoms with van der Waals surface area (Å²) in [6, 6.07) is 5.74. The normalized spacial score (nSPS) is 27.1. The molecule has 0 bridgehead atoms. The van der Waals surface area contributed by atoms with E-state index in [2.05, 4.69) is 35.9 Å². The van der Waals surface area contributed by atoms with Crippen LogP contribution in [0.2, 0.25) is 0 Å². The molecule has 1 aliphatic heterocycles. The summed E-state index contributed by atoms with van der Waals surface area (Å²) in [5, 5.41) is 0. The van der Waals surface area contributed by atoms with E-state index in [9.17, 15) is 0 Å². The van der Waals surface area contributed by atoms with Gasteiger partial charge in [0, 0.05) is 30.5 Å². The maximum Gasteiger partial charge on any atom is 0.0372 e. The van der Waals surface area contributed by atoms with Crippen molar-refractivity contribution >= 4 is 0 Å². The quantitative estimate of drug-likeness (QED) is 0.736. The molecule has 2 heteroatoms. The van der Waals surface area contributed by atoms with Crippen molar-refractivity contribution in [2.24, 2.45) is 0 Å². The molecule has 0 unspecified atom stereocenters. The third-order valence-electron chi connectivity index (χ3n) is 3.47. The SMILES string of the molecule is Cc1ccc(CN2[C@H](C)CC[C@H]2C)cn1. The topological polar surface area (TPSA) is 16.1 Å². The van der Waals surface area contributed by atoms with Crippen LogP contribution in [0.5, 0.6) is 0 Å². The summed E-state index contributed by atoms with van der Waals surface area (Å²) in [4.78, 5) is 6.92. The molecular weight excluding hydrogens is 184 g/mol. The van der Waals surface area contributed by atoms with E-state index in [-0.39, 0.29) is 0 Å². The molecule has 0 saturated carbocycles. The minimum absolute atomic E-state index is 0.723. The van der Waals surface area contributed by atoms with Crippen LogP contribution in [-0.2, 0) is 6.54 Å². The first-order valence-electron chi connectivity index (χ1n) is 5.84. The van der Waals surface area contributed by atoms with Gasteiger partial charge in [-0.05, 0) is 45.2 Å². The van der Waals surface area contributed by atoms with Crippen LogP contribution in [0.25, 0.3) is 0 Å². The molecule has 0 radical (unpaired) electrons. The van der Waals surface area contributed by atoms with E-state index in [1.165, 1.54) is 18.4 Å². The van der Waals surface area contributed by atoms with Gasteiger partial charge in [-0.2, -0.15) is 0 Å². The molecule has 0 amide bonds. The highest BCUT2D eigenvalue weighted by molar-refractivity contribution is 5.13. The Balaban J connectivity index is 2.04. The Labute approximate surface area is 92.3 Å². The summed E-state index contributed by atoms with van der Waals surface area (Å²) in [7, 11) is 0. The predicted octanol–water partition coefficient (Wildman–Crippen LogP) is 2.76. The zero-order chi connectivity index (χ0) is 10.8. The Hall–Kier alpha value is -0.890. The minimum Gasteiger partial charge on any atom is -0.294 e. The van der Waals surface area contributed by atoms with Gasteiger partial charge in [-0.15, -0.1) is 0 Å². The Kier molecular flexibility index (Phi) is 3.06. The molecule has 1 fully saturated rings. The molecule has 1 saturated heterocycles. The van der Waals surface area contributed by atoms with Crippen LogP contribution in [0.4, 0.5) is 0 Å². The molecule has 2 nitrogen and oxygen atoms in total. The van der Waals surface area contributed by atoms with Crippen molar-refractivity contribution in [2.45, 2.75) is 52.2 Å². The lowest BCUT2D eigenvalue weighted by atomic mass is 10.2. The van der Waals surface area contributed by atoms with E-state index in [0.717, 1.165) is 24.3 Å². The van der Waals surface area contributed by atoms with Gasteiger partial charge in [-0.3, -0.25) is 9.88 Å². The number of rotatable bonds is 2. The molecule has 0 spiro atoms. The number of aromatic nitrogens is 1. The summed E-state index contributed by atoms with van der Waals surface area (Å²) in [5.41, 5.74) is 2.43. The molecule has 1 aromatic rings. The molecule has 0 N–H and O–H groups in total. The van der Waals surface area contributed by atoms with Gasteiger partial charge >= 0.3 is 0 Å². The lowest BCUT2D eigenvalue weighted by molar-refractivity contribution is 0.205. The van der Waals surface area contributed by atoms with E-state index < -0.39 is 0 Å². The summed E-state index contributed by atoms with van der Waals surface area (Å²) in [6.45, 7) is 7.73. The van der Waals surface area contributed by atoms with Crippen LogP contribution in [0, 0.1) is 6.92 Å². The van der Waals surface area contributed by atoms with Crippen LogP contribution in [0.1, 0.15) is 37.9 Å². The summed E-state index contributed by atoms with van der Waals surface area (Å²) in [5.74, 6) is 0. The second kappa shape index (κ2) is 4.31. The zero-order valence-electron chi connectivity index (χ0n) is 9.90. The number of hydrogen-bond acceptors (Lipinski definition) is 2. The van der Waals surface area contributed by atoms with Gasteiger partial charge in [0.15, 0.2) is 0 Å². The van der Waals surface area contributed by atoms with Crippen molar-refractivity contribution in [3.05, 3.63) is 29.6 Å². The van der Waals surface area contributed by atoms with Crippen molar-refractivity contribution in [2.75, 3.05) is 0 Å². The maximum absolute atomic E-state index is 4.34. The van der Waals surface area contributed by atoms with E-state index >= 15 is 0 Å². The zero-order valence-corrected chi connectivity index (χ0v) is 9.90. The summed E-state index contributed by atoms with van der Waals surface area (Å²) in [6.07, 6.45) is 4.67. The molecule has 2 atom stereocenters. The van der Waals surface area contributed by atoms with Gasteiger partial charge in [0.2, 0.25) is 0 Å². The first kappa shape index (κ1) is 10.6. The van der Waals surface area contributed by atoms with Crippen LogP contribution >= 0.6 is 0 Å². The number of nitrogens with zero attached hydrogens (tertiary/aromatic N) is 2. The van der Waals surface area contributed by atoms with Gasteiger partial charge in [0.05, 0.1) is 0 Å². The molecule has 1 aliphatic rings. The van der Waals surface area contributed by atoms with Crippen LogP contribution < -0.4 is 0 Å². The standard InChI is InChI=1S/C13H20N2/c1-10-4-7-13(8-14-10)9-15-11(2)5-6-12(15)3/h4,7-8,11-12H,5-6,9H2,1-3H3/t11-,12-/m1/s1. The van der Waals surface area contributed by atoms with Gasteiger partial charge in [0.1, 0.15) is 0 Å². The summed E-state index contributed by atoms with van der Waals surface area (Å²) >= 11 is 0. The Morgan fingerprint density at radius 3 is 2.47 bits per heavy atom. The average Bonchev–Trinajstić information content (AvgIpc) is 2.53. The fourth-order valence-corrected chi connectivity index (χ4v) is 2.36. The number of hydrogen-bond donors (Lipinski definition) is 0. The smallest absolute Gasteiger partial charge is 0.0372 e. The average molecular weight is 204 g/mol. The van der Waals surface area contributed by atoms with Gasteiger partial charge in [-0.25, -0.2) is 0 Å². The molecule has 82 valence electrons.